The third-order valence-corrected chi connectivity index (χ3v) is 3.39. The Labute approximate surface area is 141 Å². The van der Waals surface area contributed by atoms with Gasteiger partial charge < -0.3 is 9.47 Å². The molecule has 0 fully saturated rings. The van der Waals surface area contributed by atoms with Gasteiger partial charge in [-0.3, -0.25) is 0 Å². The highest BCUT2D eigenvalue weighted by Crippen LogP contribution is 2.31. The minimum Gasteiger partial charge on any atom is -0.466 e. The van der Waals surface area contributed by atoms with Gasteiger partial charge in [0, 0.05) is 12.2 Å². The average Bonchev–Trinajstić information content (AvgIpc) is 2.65. The average molecular weight is 322 g/mol. The van der Waals surface area contributed by atoms with E-state index in [0.29, 0.717) is 11.1 Å². The molecule has 2 aromatic rings. The monoisotopic (exact) mass is 322 g/mol. The van der Waals surface area contributed by atoms with Crippen molar-refractivity contribution in [3.8, 4) is 0 Å². The van der Waals surface area contributed by atoms with Crippen LogP contribution in [-0.2, 0) is 19.1 Å². The van der Waals surface area contributed by atoms with Gasteiger partial charge in [-0.25, -0.2) is 9.59 Å². The topological polar surface area (TPSA) is 52.6 Å². The molecule has 0 amide bonds. The van der Waals surface area contributed by atoms with Crippen molar-refractivity contribution in [1.29, 1.82) is 0 Å². The van der Waals surface area contributed by atoms with E-state index in [1.165, 1.54) is 26.4 Å². The van der Waals surface area contributed by atoms with Crippen LogP contribution in [0.4, 0.5) is 0 Å². The molecule has 2 aromatic carbocycles. The first-order valence-electron chi connectivity index (χ1n) is 7.36. The molecule has 0 aliphatic heterocycles. The van der Waals surface area contributed by atoms with Crippen LogP contribution < -0.4 is 0 Å². The van der Waals surface area contributed by atoms with Gasteiger partial charge >= 0.3 is 11.9 Å². The summed E-state index contributed by atoms with van der Waals surface area (Å²) in [7, 11) is 2.63. The first-order chi connectivity index (χ1) is 11.7. The highest BCUT2D eigenvalue weighted by atomic mass is 16.5. The maximum Gasteiger partial charge on any atom is 0.331 e. The fourth-order valence-electron chi connectivity index (χ4n) is 2.22. The molecule has 0 unspecified atom stereocenters. The number of benzene rings is 2. The molecule has 122 valence electrons. The van der Waals surface area contributed by atoms with E-state index >= 15 is 0 Å². The molecule has 0 aromatic heterocycles. The van der Waals surface area contributed by atoms with Crippen LogP contribution >= 0.6 is 0 Å². The number of allylic oxidation sites excluding steroid dienone is 2. The lowest BCUT2D eigenvalue weighted by molar-refractivity contribution is -0.135. The SMILES string of the molecule is COC(=O)C=C(C(=CC(=O)OC)c1ccccc1)c1ccccc1. The Bertz CT molecular complexity index is 691. The van der Waals surface area contributed by atoms with Gasteiger partial charge in [-0.2, -0.15) is 0 Å². The maximum absolute atomic E-state index is 11.8. The molecule has 0 N–H and O–H groups in total. The highest BCUT2D eigenvalue weighted by Gasteiger charge is 2.14. The molecule has 4 nitrogen and oxygen atoms in total. The summed E-state index contributed by atoms with van der Waals surface area (Å²) in [5.74, 6) is -0.999. The second kappa shape index (κ2) is 8.48. The van der Waals surface area contributed by atoms with Crippen molar-refractivity contribution in [2.24, 2.45) is 0 Å². The van der Waals surface area contributed by atoms with Crippen molar-refractivity contribution in [2.75, 3.05) is 14.2 Å². The van der Waals surface area contributed by atoms with Gasteiger partial charge in [0.2, 0.25) is 0 Å². The number of methoxy groups -OCH3 is 2. The number of hydrogen-bond donors (Lipinski definition) is 0. The lowest BCUT2D eigenvalue weighted by Crippen LogP contribution is -2.02. The Balaban J connectivity index is 2.66. The molecule has 0 saturated carbocycles. The third kappa shape index (κ3) is 4.43. The van der Waals surface area contributed by atoms with Gasteiger partial charge in [0.05, 0.1) is 14.2 Å². The van der Waals surface area contributed by atoms with Gasteiger partial charge in [-0.05, 0) is 22.3 Å². The molecule has 0 bridgehead atoms. The summed E-state index contributed by atoms with van der Waals surface area (Å²) in [5, 5.41) is 0. The van der Waals surface area contributed by atoms with E-state index < -0.39 is 11.9 Å². The Hall–Kier alpha value is -3.14. The van der Waals surface area contributed by atoms with E-state index in [9.17, 15) is 9.59 Å². The maximum atomic E-state index is 11.8. The van der Waals surface area contributed by atoms with Gasteiger partial charge in [0.1, 0.15) is 0 Å². The minimum atomic E-state index is -0.499. The predicted molar refractivity (Wildman–Crippen MR) is 92.9 cm³/mol. The molecular weight excluding hydrogens is 304 g/mol. The lowest BCUT2D eigenvalue weighted by Gasteiger charge is -2.13. The van der Waals surface area contributed by atoms with Gasteiger partial charge in [0.15, 0.2) is 0 Å². The van der Waals surface area contributed by atoms with E-state index in [1.807, 2.05) is 60.7 Å². The standard InChI is InChI=1S/C20H18O4/c1-23-19(21)13-17(15-9-5-3-6-10-15)18(14-20(22)24-2)16-11-7-4-8-12-16/h3-14H,1-2H3. The normalized spacial score (nSPS) is 11.8. The summed E-state index contributed by atoms with van der Waals surface area (Å²) in [6.45, 7) is 0. The van der Waals surface area contributed by atoms with Crippen molar-refractivity contribution in [3.05, 3.63) is 83.9 Å². The summed E-state index contributed by atoms with van der Waals surface area (Å²) in [4.78, 5) is 23.7. The number of hydrogen-bond acceptors (Lipinski definition) is 4. The largest absolute Gasteiger partial charge is 0.466 e. The second-order valence-electron chi connectivity index (χ2n) is 4.89. The summed E-state index contributed by atoms with van der Waals surface area (Å²) >= 11 is 0. The smallest absolute Gasteiger partial charge is 0.331 e. The molecule has 0 aliphatic carbocycles. The quantitative estimate of drug-likeness (QED) is 0.480. The summed E-state index contributed by atoms with van der Waals surface area (Å²) in [5.41, 5.74) is 2.75. The Morgan fingerprint density at radius 2 is 1.00 bits per heavy atom. The van der Waals surface area contributed by atoms with Crippen LogP contribution in [0.2, 0.25) is 0 Å². The fourth-order valence-corrected chi connectivity index (χ4v) is 2.22. The highest BCUT2D eigenvalue weighted by molar-refractivity contribution is 6.14. The van der Waals surface area contributed by atoms with Crippen molar-refractivity contribution in [2.45, 2.75) is 0 Å². The van der Waals surface area contributed by atoms with Crippen LogP contribution in [0.1, 0.15) is 11.1 Å². The zero-order valence-corrected chi connectivity index (χ0v) is 13.6. The van der Waals surface area contributed by atoms with Crippen molar-refractivity contribution < 1.29 is 19.1 Å². The number of ether oxygens (including phenoxy) is 2. The van der Waals surface area contributed by atoms with E-state index in [-0.39, 0.29) is 0 Å². The third-order valence-electron chi connectivity index (χ3n) is 3.39. The van der Waals surface area contributed by atoms with Crippen molar-refractivity contribution in [1.82, 2.24) is 0 Å². The van der Waals surface area contributed by atoms with Crippen LogP contribution in [-0.4, -0.2) is 26.2 Å². The van der Waals surface area contributed by atoms with Crippen LogP contribution in [0.15, 0.2) is 72.8 Å². The molecule has 0 atom stereocenters. The van der Waals surface area contributed by atoms with Gasteiger partial charge in [-0.1, -0.05) is 60.7 Å². The number of esters is 2. The summed E-state index contributed by atoms with van der Waals surface area (Å²) in [6, 6.07) is 18.7. The van der Waals surface area contributed by atoms with Crippen LogP contribution in [0, 0.1) is 0 Å². The molecule has 4 heteroatoms. The first kappa shape index (κ1) is 17.2. The molecule has 0 heterocycles. The zero-order valence-electron chi connectivity index (χ0n) is 13.6. The molecule has 0 spiro atoms. The van der Waals surface area contributed by atoms with Crippen molar-refractivity contribution >= 4 is 23.1 Å². The number of rotatable bonds is 5. The first-order valence-corrected chi connectivity index (χ1v) is 7.36. The Morgan fingerprint density at radius 1 is 0.667 bits per heavy atom. The van der Waals surface area contributed by atoms with Gasteiger partial charge in [-0.15, -0.1) is 0 Å². The Morgan fingerprint density at radius 3 is 1.29 bits per heavy atom. The Kier molecular flexibility index (Phi) is 6.08. The predicted octanol–water partition coefficient (Wildman–Crippen LogP) is 3.50. The van der Waals surface area contributed by atoms with Crippen LogP contribution in [0.25, 0.3) is 11.1 Å². The van der Waals surface area contributed by atoms with Crippen LogP contribution in [0.5, 0.6) is 0 Å². The summed E-state index contributed by atoms with van der Waals surface area (Å²) in [6.07, 6.45) is 2.74. The summed E-state index contributed by atoms with van der Waals surface area (Å²) < 4.78 is 9.52. The van der Waals surface area contributed by atoms with E-state index in [1.54, 1.807) is 0 Å². The van der Waals surface area contributed by atoms with Gasteiger partial charge in [0.25, 0.3) is 0 Å². The molecular formula is C20H18O4. The molecule has 0 radical (unpaired) electrons. The van der Waals surface area contributed by atoms with E-state index in [4.69, 9.17) is 9.47 Å². The molecule has 24 heavy (non-hydrogen) atoms. The number of carbonyl (C=O) groups is 2. The number of carbonyl (C=O) groups excluding carboxylic acids is 2. The molecule has 0 aliphatic rings. The molecule has 2 rings (SSSR count). The van der Waals surface area contributed by atoms with E-state index in [2.05, 4.69) is 0 Å². The van der Waals surface area contributed by atoms with Crippen molar-refractivity contribution in [3.63, 3.8) is 0 Å². The zero-order chi connectivity index (χ0) is 17.4. The molecule has 0 saturated heterocycles. The second-order valence-corrected chi connectivity index (χ2v) is 4.89. The minimum absolute atomic E-state index is 0.499. The lowest BCUT2D eigenvalue weighted by atomic mass is 9.91. The fraction of sp³-hybridized carbons (Fsp3) is 0.100. The van der Waals surface area contributed by atoms with E-state index in [0.717, 1.165) is 11.1 Å². The van der Waals surface area contributed by atoms with Crippen LogP contribution in [0.3, 0.4) is 0 Å².